The average molecular weight is 1030 g/mol. The molecule has 0 radical (unpaired) electrons. The molecular weight excluding hydrogens is 941 g/mol. The predicted molar refractivity (Wildman–Crippen MR) is 286 cm³/mol. The Hall–Kier alpha value is -3.36. The first-order valence-electron chi connectivity index (χ1n) is 26.5. The van der Waals surface area contributed by atoms with E-state index in [2.05, 4.69) is 98.2 Å². The third kappa shape index (κ3) is 11.3. The summed E-state index contributed by atoms with van der Waals surface area (Å²) in [4.78, 5) is 31.9. The van der Waals surface area contributed by atoms with E-state index in [0.717, 1.165) is 12.8 Å². The lowest BCUT2D eigenvalue weighted by atomic mass is 9.85. The molecule has 18 heteroatoms. The van der Waals surface area contributed by atoms with Crippen LogP contribution in [-0.4, -0.2) is 148 Å². The summed E-state index contributed by atoms with van der Waals surface area (Å²) in [5, 5.41) is 21.8. The number of amides is 2. The second-order valence-electron chi connectivity index (χ2n) is 21.1. The largest absolute Gasteiger partial charge is 0.368 e. The monoisotopic (exact) mass is 1030 g/mol. The predicted octanol–water partition coefficient (Wildman–Crippen LogP) is 6.30. The number of nitrogens with zero attached hydrogens (tertiary/aromatic N) is 5. The van der Waals surface area contributed by atoms with Crippen LogP contribution in [0.1, 0.15) is 135 Å². The van der Waals surface area contributed by atoms with Gasteiger partial charge in [0.25, 0.3) is 11.8 Å². The molecule has 402 valence electrons. The van der Waals surface area contributed by atoms with Crippen LogP contribution < -0.4 is 26.1 Å². The molecule has 4 saturated heterocycles. The van der Waals surface area contributed by atoms with Crippen LogP contribution in [0.15, 0.2) is 0 Å². The van der Waals surface area contributed by atoms with E-state index >= 15 is 0 Å². The molecule has 0 aliphatic carbocycles. The van der Waals surface area contributed by atoms with Gasteiger partial charge in [-0.2, -0.15) is 8.61 Å². The standard InChI is InChI=1S/C27H46N4O4S.C26H44N4O4S/c1-8-23(9-2)18-24-19(3)21(5)25(22(6)20(24)4)30-14-16-31(17-15-30)36(34,35)27(26(32)28-33)10-12-29(7)13-11-27;1-7-22(8-2)17-23-18(3)20(5)24(21(6)19(23)4)29-13-15-30(16-14-29)35(33,34)26(25(31)28-32)9-11-27-12-10-26/h23,33H,8-18H2,1-7H3,(H,28,32);22,27,32H,7-17H2,1-6H3,(H,28,31). The van der Waals surface area contributed by atoms with Crippen LogP contribution in [0.2, 0.25) is 0 Å². The molecule has 0 spiro atoms. The third-order valence-electron chi connectivity index (χ3n) is 17.8. The molecule has 4 aliphatic rings. The van der Waals surface area contributed by atoms with Gasteiger partial charge < -0.3 is 20.0 Å². The van der Waals surface area contributed by atoms with Gasteiger partial charge in [-0.05, 0) is 195 Å². The fraction of sp³-hybridized carbons (Fsp3) is 0.736. The number of hydroxylamine groups is 2. The maximum Gasteiger partial charge on any atom is 0.266 e. The highest BCUT2D eigenvalue weighted by Crippen LogP contribution is 2.40. The summed E-state index contributed by atoms with van der Waals surface area (Å²) >= 11 is 0. The highest BCUT2D eigenvalue weighted by Gasteiger charge is 2.56. The van der Waals surface area contributed by atoms with Crippen molar-refractivity contribution in [2.24, 2.45) is 11.8 Å². The summed E-state index contributed by atoms with van der Waals surface area (Å²) in [6.45, 7) is 32.1. The summed E-state index contributed by atoms with van der Waals surface area (Å²) in [6.07, 6.45) is 7.56. The lowest BCUT2D eigenvalue weighted by Gasteiger charge is -2.44. The number of benzene rings is 2. The zero-order chi connectivity index (χ0) is 52.8. The molecule has 2 amide bonds. The van der Waals surface area contributed by atoms with Gasteiger partial charge in [0.05, 0.1) is 0 Å². The minimum atomic E-state index is -3.94. The molecule has 2 aromatic rings. The van der Waals surface area contributed by atoms with Crippen LogP contribution in [0.5, 0.6) is 0 Å². The number of hydrogen-bond acceptors (Lipinski definition) is 12. The average Bonchev–Trinajstić information content (AvgIpc) is 3.38. The number of rotatable bonds is 16. The first-order valence-corrected chi connectivity index (χ1v) is 29.3. The van der Waals surface area contributed by atoms with E-state index < -0.39 is 41.4 Å². The zero-order valence-electron chi connectivity index (χ0n) is 45.6. The highest BCUT2D eigenvalue weighted by atomic mass is 32.2. The van der Waals surface area contributed by atoms with Gasteiger partial charge in [0.2, 0.25) is 20.0 Å². The molecule has 2 aromatic carbocycles. The molecule has 0 aromatic heterocycles. The second-order valence-corrected chi connectivity index (χ2v) is 25.6. The summed E-state index contributed by atoms with van der Waals surface area (Å²) in [5.41, 5.74) is 19.1. The van der Waals surface area contributed by atoms with Crippen LogP contribution in [0.25, 0.3) is 0 Å². The first kappa shape index (κ1) is 58.5. The third-order valence-corrected chi connectivity index (χ3v) is 23.0. The SMILES string of the molecule is CCC(CC)Cc1c(C)c(C)c(N2CCN(S(=O)(=O)C3(C(=O)NO)CCN(C)CC3)CC2)c(C)c1C.CCC(CC)Cc1c(C)c(C)c(N2CCN(S(=O)(=O)C3(C(=O)NO)CCNCC3)CC2)c(C)c1C. The Morgan fingerprint density at radius 1 is 0.507 bits per heavy atom. The molecule has 16 nitrogen and oxygen atoms in total. The zero-order valence-corrected chi connectivity index (χ0v) is 47.2. The highest BCUT2D eigenvalue weighted by molar-refractivity contribution is 7.91. The van der Waals surface area contributed by atoms with E-state index in [9.17, 15) is 36.8 Å². The number of hydrogen-bond donors (Lipinski definition) is 5. The number of likely N-dealkylation sites (tertiary alicyclic amines) is 1. The maximum atomic E-state index is 13.8. The lowest BCUT2D eigenvalue weighted by Crippen LogP contribution is -2.63. The van der Waals surface area contributed by atoms with Crippen molar-refractivity contribution < 1.29 is 36.8 Å². The smallest absolute Gasteiger partial charge is 0.266 e. The molecule has 5 N–H and O–H groups in total. The minimum Gasteiger partial charge on any atom is -0.368 e. The van der Waals surface area contributed by atoms with Gasteiger partial charge >= 0.3 is 0 Å². The summed E-state index contributed by atoms with van der Waals surface area (Å²) in [7, 11) is -5.96. The number of nitrogens with one attached hydrogen (secondary N) is 3. The fourth-order valence-electron chi connectivity index (χ4n) is 12.1. The van der Waals surface area contributed by atoms with Gasteiger partial charge in [-0.1, -0.05) is 53.4 Å². The lowest BCUT2D eigenvalue weighted by molar-refractivity contribution is -0.133. The van der Waals surface area contributed by atoms with Crippen molar-refractivity contribution in [3.63, 3.8) is 0 Å². The number of piperazine rings is 2. The van der Waals surface area contributed by atoms with Crippen molar-refractivity contribution in [3.8, 4) is 0 Å². The van der Waals surface area contributed by atoms with Crippen molar-refractivity contribution >= 4 is 43.2 Å². The fourth-order valence-corrected chi connectivity index (χ4v) is 16.3. The number of carbonyl (C=O) groups is 2. The van der Waals surface area contributed by atoms with E-state index in [1.165, 1.54) is 101 Å². The van der Waals surface area contributed by atoms with Crippen molar-refractivity contribution in [3.05, 3.63) is 55.6 Å². The van der Waals surface area contributed by atoms with Gasteiger partial charge in [-0.25, -0.2) is 27.8 Å². The number of anilines is 2. The van der Waals surface area contributed by atoms with Crippen LogP contribution in [-0.2, 0) is 42.5 Å². The quantitative estimate of drug-likeness (QED) is 0.0933. The van der Waals surface area contributed by atoms with Crippen molar-refractivity contribution in [1.82, 2.24) is 29.8 Å². The van der Waals surface area contributed by atoms with Crippen molar-refractivity contribution in [1.29, 1.82) is 0 Å². The molecule has 0 saturated carbocycles. The molecule has 0 atom stereocenters. The molecule has 6 rings (SSSR count). The van der Waals surface area contributed by atoms with Crippen LogP contribution >= 0.6 is 0 Å². The van der Waals surface area contributed by atoms with E-state index in [0.29, 0.717) is 90.4 Å². The summed E-state index contributed by atoms with van der Waals surface area (Å²) in [6, 6.07) is 0. The van der Waals surface area contributed by atoms with Crippen LogP contribution in [0.3, 0.4) is 0 Å². The maximum absolute atomic E-state index is 13.8. The second kappa shape index (κ2) is 24.3. The van der Waals surface area contributed by atoms with Crippen LogP contribution in [0, 0.1) is 67.2 Å². The molecule has 4 aliphatic heterocycles. The van der Waals surface area contributed by atoms with Gasteiger partial charge in [-0.15, -0.1) is 0 Å². The first-order chi connectivity index (χ1) is 33.5. The topological polar surface area (TPSA) is 195 Å². The van der Waals surface area contributed by atoms with Gasteiger partial charge in [-0.3, -0.25) is 20.0 Å². The molecule has 4 fully saturated rings. The summed E-state index contributed by atoms with van der Waals surface area (Å²) in [5.74, 6) is -0.274. The number of carbonyl (C=O) groups excluding carboxylic acids is 2. The number of piperidine rings is 2. The Morgan fingerprint density at radius 2 is 0.803 bits per heavy atom. The Labute approximate surface area is 427 Å². The number of sulfonamides is 2. The van der Waals surface area contributed by atoms with E-state index in [1.54, 1.807) is 11.0 Å². The Kier molecular flexibility index (Phi) is 20.1. The van der Waals surface area contributed by atoms with Crippen molar-refractivity contribution in [2.75, 3.05) is 95.4 Å². The molecule has 0 bridgehead atoms. The van der Waals surface area contributed by atoms with Crippen molar-refractivity contribution in [2.45, 2.75) is 157 Å². The summed E-state index contributed by atoms with van der Waals surface area (Å²) < 4.78 is 54.6. The van der Waals surface area contributed by atoms with Crippen LogP contribution in [0.4, 0.5) is 11.4 Å². The van der Waals surface area contributed by atoms with Gasteiger partial charge in [0.1, 0.15) is 0 Å². The normalized spacial score (nSPS) is 19.5. The molecule has 0 unspecified atom stereocenters. The molecule has 71 heavy (non-hydrogen) atoms. The molecule has 4 heterocycles. The van der Waals surface area contributed by atoms with E-state index in [1.807, 2.05) is 11.9 Å². The Bertz CT molecular complexity index is 2350. The Balaban J connectivity index is 0.000000264. The molecular formula is C53H90N8O8S2. The minimum absolute atomic E-state index is 0.149. The van der Waals surface area contributed by atoms with E-state index in [4.69, 9.17) is 0 Å². The van der Waals surface area contributed by atoms with Gasteiger partial charge in [0, 0.05) is 63.7 Å². The van der Waals surface area contributed by atoms with Gasteiger partial charge in [0.15, 0.2) is 9.49 Å². The Morgan fingerprint density at radius 3 is 1.08 bits per heavy atom. The van der Waals surface area contributed by atoms with E-state index in [-0.39, 0.29) is 25.7 Å².